The van der Waals surface area contributed by atoms with E-state index in [0.717, 1.165) is 47.2 Å². The first-order valence-corrected chi connectivity index (χ1v) is 8.15. The highest BCUT2D eigenvalue weighted by Crippen LogP contribution is 2.32. The maximum Gasteiger partial charge on any atom is 0.175 e. The van der Waals surface area contributed by atoms with E-state index in [1.807, 2.05) is 24.3 Å². The number of anilines is 1. The average Bonchev–Trinajstić information content (AvgIpc) is 2.87. The SMILES string of the molecule is Nc1noc(CCC2CCCCO2)c1-c1cccc(Br)c1. The molecule has 1 aliphatic heterocycles. The maximum atomic E-state index is 5.98. The first-order chi connectivity index (χ1) is 10.2. The lowest BCUT2D eigenvalue weighted by Crippen LogP contribution is -2.19. The van der Waals surface area contributed by atoms with Crippen LogP contribution in [0.3, 0.4) is 0 Å². The zero-order valence-corrected chi connectivity index (χ0v) is 13.4. The van der Waals surface area contributed by atoms with Crippen LogP contribution >= 0.6 is 15.9 Å². The van der Waals surface area contributed by atoms with E-state index in [-0.39, 0.29) is 0 Å². The third-order valence-corrected chi connectivity index (χ3v) is 4.36. The fourth-order valence-corrected chi connectivity index (χ4v) is 3.19. The molecule has 0 bridgehead atoms. The van der Waals surface area contributed by atoms with Crippen LogP contribution in [-0.4, -0.2) is 17.9 Å². The molecule has 1 saturated heterocycles. The van der Waals surface area contributed by atoms with E-state index in [4.69, 9.17) is 15.0 Å². The predicted octanol–water partition coefficient (Wildman–Crippen LogP) is 4.19. The quantitative estimate of drug-likeness (QED) is 0.897. The van der Waals surface area contributed by atoms with E-state index >= 15 is 0 Å². The number of rotatable bonds is 4. The lowest BCUT2D eigenvalue weighted by molar-refractivity contribution is 0.0106. The van der Waals surface area contributed by atoms with Crippen molar-refractivity contribution < 1.29 is 9.26 Å². The van der Waals surface area contributed by atoms with Gasteiger partial charge in [-0.25, -0.2) is 0 Å². The van der Waals surface area contributed by atoms with E-state index in [0.29, 0.717) is 11.9 Å². The van der Waals surface area contributed by atoms with Crippen LogP contribution in [0.15, 0.2) is 33.3 Å². The molecule has 1 aliphatic rings. The van der Waals surface area contributed by atoms with Crippen LogP contribution < -0.4 is 5.73 Å². The molecule has 2 N–H and O–H groups in total. The topological polar surface area (TPSA) is 61.3 Å². The summed E-state index contributed by atoms with van der Waals surface area (Å²) in [6, 6.07) is 8.03. The number of aromatic nitrogens is 1. The number of benzene rings is 1. The minimum atomic E-state index is 0.334. The summed E-state index contributed by atoms with van der Waals surface area (Å²) in [6.07, 6.45) is 5.65. The number of aryl methyl sites for hydroxylation is 1. The van der Waals surface area contributed by atoms with Crippen LogP contribution in [0.1, 0.15) is 31.4 Å². The molecule has 112 valence electrons. The summed E-state index contributed by atoms with van der Waals surface area (Å²) >= 11 is 3.49. The molecule has 0 radical (unpaired) electrons. The zero-order chi connectivity index (χ0) is 14.7. The number of nitrogens with two attached hydrogens (primary N) is 1. The molecule has 1 unspecified atom stereocenters. The summed E-state index contributed by atoms with van der Waals surface area (Å²) in [5.41, 5.74) is 7.92. The third kappa shape index (κ3) is 3.47. The van der Waals surface area contributed by atoms with Crippen LogP contribution in [0.25, 0.3) is 11.1 Å². The predicted molar refractivity (Wildman–Crippen MR) is 86.0 cm³/mol. The highest BCUT2D eigenvalue weighted by molar-refractivity contribution is 9.10. The second kappa shape index (κ2) is 6.62. The average molecular weight is 351 g/mol. The first kappa shape index (κ1) is 14.6. The number of nitrogens with zero attached hydrogens (tertiary/aromatic N) is 1. The molecule has 1 atom stereocenters. The highest BCUT2D eigenvalue weighted by atomic mass is 79.9. The normalized spacial score (nSPS) is 18.8. The molecule has 0 amide bonds. The molecular weight excluding hydrogens is 332 g/mol. The van der Waals surface area contributed by atoms with Crippen molar-refractivity contribution in [1.82, 2.24) is 5.16 Å². The summed E-state index contributed by atoms with van der Waals surface area (Å²) < 4.78 is 12.2. The molecule has 1 aromatic carbocycles. The van der Waals surface area contributed by atoms with Crippen LogP contribution in [-0.2, 0) is 11.2 Å². The molecule has 4 nitrogen and oxygen atoms in total. The van der Waals surface area contributed by atoms with Gasteiger partial charge in [-0.05, 0) is 43.4 Å². The summed E-state index contributed by atoms with van der Waals surface area (Å²) in [5, 5.41) is 3.93. The molecule has 5 heteroatoms. The Morgan fingerprint density at radius 3 is 3.00 bits per heavy atom. The third-order valence-electron chi connectivity index (χ3n) is 3.87. The number of hydrogen-bond donors (Lipinski definition) is 1. The fraction of sp³-hybridized carbons (Fsp3) is 0.438. The zero-order valence-electron chi connectivity index (χ0n) is 11.8. The molecule has 0 spiro atoms. The van der Waals surface area contributed by atoms with Crippen molar-refractivity contribution in [3.8, 4) is 11.1 Å². The second-order valence-corrected chi connectivity index (χ2v) is 6.32. The minimum Gasteiger partial charge on any atom is -0.380 e. The minimum absolute atomic E-state index is 0.334. The van der Waals surface area contributed by atoms with Gasteiger partial charge in [0.1, 0.15) is 5.76 Å². The molecule has 1 aromatic heterocycles. The van der Waals surface area contributed by atoms with Crippen molar-refractivity contribution >= 4 is 21.7 Å². The summed E-state index contributed by atoms with van der Waals surface area (Å²) in [6.45, 7) is 0.877. The molecule has 1 fully saturated rings. The Bertz CT molecular complexity index is 606. The van der Waals surface area contributed by atoms with Crippen molar-refractivity contribution in [3.63, 3.8) is 0 Å². The van der Waals surface area contributed by atoms with E-state index in [2.05, 4.69) is 21.1 Å². The van der Waals surface area contributed by atoms with E-state index in [9.17, 15) is 0 Å². The van der Waals surface area contributed by atoms with Gasteiger partial charge in [0.05, 0.1) is 11.7 Å². The molecular formula is C16H19BrN2O2. The monoisotopic (exact) mass is 350 g/mol. The van der Waals surface area contributed by atoms with E-state index in [1.165, 1.54) is 12.8 Å². The Balaban J connectivity index is 1.77. The number of halogens is 1. The Morgan fingerprint density at radius 1 is 1.33 bits per heavy atom. The van der Waals surface area contributed by atoms with Gasteiger partial charge in [0.2, 0.25) is 0 Å². The highest BCUT2D eigenvalue weighted by Gasteiger charge is 2.19. The lowest BCUT2D eigenvalue weighted by Gasteiger charge is -2.22. The largest absolute Gasteiger partial charge is 0.380 e. The number of hydrogen-bond acceptors (Lipinski definition) is 4. The van der Waals surface area contributed by atoms with E-state index < -0.39 is 0 Å². The van der Waals surface area contributed by atoms with Gasteiger partial charge in [0, 0.05) is 17.5 Å². The van der Waals surface area contributed by atoms with Gasteiger partial charge in [-0.3, -0.25) is 0 Å². The fourth-order valence-electron chi connectivity index (χ4n) is 2.79. The van der Waals surface area contributed by atoms with Gasteiger partial charge in [-0.15, -0.1) is 0 Å². The van der Waals surface area contributed by atoms with Crippen LogP contribution in [0.4, 0.5) is 5.82 Å². The van der Waals surface area contributed by atoms with Crippen molar-refractivity contribution in [3.05, 3.63) is 34.5 Å². The van der Waals surface area contributed by atoms with Crippen molar-refractivity contribution in [2.75, 3.05) is 12.3 Å². The molecule has 0 aliphatic carbocycles. The van der Waals surface area contributed by atoms with Gasteiger partial charge in [0.15, 0.2) is 5.82 Å². The molecule has 2 heterocycles. The maximum absolute atomic E-state index is 5.98. The van der Waals surface area contributed by atoms with Crippen molar-refractivity contribution in [2.24, 2.45) is 0 Å². The Morgan fingerprint density at radius 2 is 2.24 bits per heavy atom. The van der Waals surface area contributed by atoms with Crippen LogP contribution in [0, 0.1) is 0 Å². The van der Waals surface area contributed by atoms with Crippen LogP contribution in [0.5, 0.6) is 0 Å². The van der Waals surface area contributed by atoms with Gasteiger partial charge < -0.3 is 15.0 Å². The Labute approximate surface area is 132 Å². The smallest absolute Gasteiger partial charge is 0.175 e. The first-order valence-electron chi connectivity index (χ1n) is 7.35. The molecule has 3 rings (SSSR count). The Kier molecular flexibility index (Phi) is 4.60. The molecule has 2 aromatic rings. The summed E-state index contributed by atoms with van der Waals surface area (Å²) in [4.78, 5) is 0. The standard InChI is InChI=1S/C16H19BrN2O2/c17-12-5-3-4-11(10-12)15-14(21-19-16(15)18)8-7-13-6-1-2-9-20-13/h3-5,10,13H,1-2,6-9H2,(H2,18,19). The Hall–Kier alpha value is -1.33. The van der Waals surface area contributed by atoms with Crippen LogP contribution in [0.2, 0.25) is 0 Å². The van der Waals surface area contributed by atoms with Gasteiger partial charge in [0.25, 0.3) is 0 Å². The number of nitrogen functional groups attached to an aromatic ring is 1. The van der Waals surface area contributed by atoms with Gasteiger partial charge in [-0.2, -0.15) is 0 Å². The molecule has 21 heavy (non-hydrogen) atoms. The van der Waals surface area contributed by atoms with Crippen molar-refractivity contribution in [2.45, 2.75) is 38.2 Å². The second-order valence-electron chi connectivity index (χ2n) is 5.40. The lowest BCUT2D eigenvalue weighted by atomic mass is 10.00. The van der Waals surface area contributed by atoms with Gasteiger partial charge in [-0.1, -0.05) is 33.2 Å². The molecule has 0 saturated carbocycles. The summed E-state index contributed by atoms with van der Waals surface area (Å²) in [7, 11) is 0. The van der Waals surface area contributed by atoms with E-state index in [1.54, 1.807) is 0 Å². The summed E-state index contributed by atoms with van der Waals surface area (Å²) in [5.74, 6) is 1.30. The van der Waals surface area contributed by atoms with Crippen molar-refractivity contribution in [1.29, 1.82) is 0 Å². The van der Waals surface area contributed by atoms with Gasteiger partial charge >= 0.3 is 0 Å². The number of ether oxygens (including phenoxy) is 1.